The number of fused-ring (bicyclic) bond motifs is 1. The number of thiophene rings is 1. The highest BCUT2D eigenvalue weighted by Gasteiger charge is 2.36. The highest BCUT2D eigenvalue weighted by Crippen LogP contribution is 2.40. The fraction of sp³-hybridized carbons (Fsp3) is 0.450. The van der Waals surface area contributed by atoms with Gasteiger partial charge in [-0.25, -0.2) is 9.78 Å². The lowest BCUT2D eigenvalue weighted by Crippen LogP contribution is -2.41. The van der Waals surface area contributed by atoms with Gasteiger partial charge in [-0.3, -0.25) is 4.79 Å². The van der Waals surface area contributed by atoms with E-state index < -0.39 is 29.8 Å². The molecule has 2 aromatic heterocycles. The van der Waals surface area contributed by atoms with Crippen LogP contribution in [0.25, 0.3) is 10.2 Å². The predicted molar refractivity (Wildman–Crippen MR) is 111 cm³/mol. The molecule has 1 fully saturated rings. The number of alkyl carbamates (subject to hydrolysis) is 1. The molecule has 0 bridgehead atoms. The molecule has 0 aromatic carbocycles. The van der Waals surface area contributed by atoms with E-state index in [0.29, 0.717) is 25.9 Å². The number of rotatable bonds is 4. The van der Waals surface area contributed by atoms with Gasteiger partial charge in [0.15, 0.2) is 0 Å². The molecule has 2 N–H and O–H groups in total. The van der Waals surface area contributed by atoms with Crippen LogP contribution in [0.1, 0.15) is 35.7 Å². The van der Waals surface area contributed by atoms with Gasteiger partial charge in [0, 0.05) is 38.4 Å². The SMILES string of the molecule is C#C[C@H](C)NC(=O)OC1CCN(c2cc(C(F)(F)F)c3scc(C(=O)NC)c3n2)CC1. The van der Waals surface area contributed by atoms with Crippen LogP contribution in [0.2, 0.25) is 0 Å². The Morgan fingerprint density at radius 3 is 2.65 bits per heavy atom. The number of terminal acetylenes is 1. The molecule has 11 heteroatoms. The van der Waals surface area contributed by atoms with E-state index in [1.54, 1.807) is 11.8 Å². The molecule has 3 rings (SSSR count). The molecule has 7 nitrogen and oxygen atoms in total. The summed E-state index contributed by atoms with van der Waals surface area (Å²) in [4.78, 5) is 30.0. The number of carbonyl (C=O) groups is 2. The molecule has 1 saturated heterocycles. The molecule has 0 radical (unpaired) electrons. The molecule has 0 saturated carbocycles. The van der Waals surface area contributed by atoms with Gasteiger partial charge in [-0.1, -0.05) is 5.92 Å². The molecule has 1 atom stereocenters. The Labute approximate surface area is 181 Å². The van der Waals surface area contributed by atoms with Gasteiger partial charge >= 0.3 is 12.3 Å². The van der Waals surface area contributed by atoms with Gasteiger partial charge in [-0.05, 0) is 13.0 Å². The largest absolute Gasteiger partial charge is 0.446 e. The maximum Gasteiger partial charge on any atom is 0.417 e. The van der Waals surface area contributed by atoms with Gasteiger partial charge in [-0.2, -0.15) is 13.2 Å². The number of halogens is 3. The zero-order chi connectivity index (χ0) is 22.8. The summed E-state index contributed by atoms with van der Waals surface area (Å²) >= 11 is 0.840. The number of ether oxygens (including phenoxy) is 1. The van der Waals surface area contributed by atoms with Crippen molar-refractivity contribution >= 4 is 39.4 Å². The van der Waals surface area contributed by atoms with E-state index in [9.17, 15) is 22.8 Å². The van der Waals surface area contributed by atoms with Crippen LogP contribution in [0.4, 0.5) is 23.8 Å². The van der Waals surface area contributed by atoms with E-state index >= 15 is 0 Å². The average molecular weight is 454 g/mol. The first-order valence-corrected chi connectivity index (χ1v) is 10.4. The van der Waals surface area contributed by atoms with Crippen LogP contribution in [0.5, 0.6) is 0 Å². The zero-order valence-corrected chi connectivity index (χ0v) is 17.7. The number of aromatic nitrogens is 1. The van der Waals surface area contributed by atoms with Gasteiger partial charge in [0.25, 0.3) is 5.91 Å². The molecule has 2 aromatic rings. The van der Waals surface area contributed by atoms with Crippen LogP contribution in [0.3, 0.4) is 0 Å². The number of hydrogen-bond donors (Lipinski definition) is 2. The van der Waals surface area contributed by atoms with Crippen LogP contribution in [0, 0.1) is 12.3 Å². The lowest BCUT2D eigenvalue weighted by Gasteiger charge is -2.33. The predicted octanol–water partition coefficient (Wildman–Crippen LogP) is 3.39. The lowest BCUT2D eigenvalue weighted by molar-refractivity contribution is -0.136. The molecule has 3 heterocycles. The first kappa shape index (κ1) is 22.7. The minimum Gasteiger partial charge on any atom is -0.446 e. The van der Waals surface area contributed by atoms with Crippen LogP contribution in [-0.2, 0) is 10.9 Å². The van der Waals surface area contributed by atoms with Crippen LogP contribution in [-0.4, -0.2) is 49.3 Å². The number of nitrogens with zero attached hydrogens (tertiary/aromatic N) is 2. The number of alkyl halides is 3. The summed E-state index contributed by atoms with van der Waals surface area (Å²) in [6.07, 6.45) is 0.456. The van der Waals surface area contributed by atoms with E-state index in [2.05, 4.69) is 21.5 Å². The zero-order valence-electron chi connectivity index (χ0n) is 16.9. The smallest absolute Gasteiger partial charge is 0.417 e. The van der Waals surface area contributed by atoms with E-state index in [-0.39, 0.29) is 27.7 Å². The molecular formula is C20H21F3N4O3S. The summed E-state index contributed by atoms with van der Waals surface area (Å²) in [7, 11) is 1.41. The number of hydrogen-bond acceptors (Lipinski definition) is 6. The average Bonchev–Trinajstić information content (AvgIpc) is 3.16. The molecule has 1 aliphatic rings. The summed E-state index contributed by atoms with van der Waals surface area (Å²) < 4.78 is 46.3. The summed E-state index contributed by atoms with van der Waals surface area (Å²) in [5.41, 5.74) is -0.698. The van der Waals surface area contributed by atoms with Gasteiger partial charge in [0.1, 0.15) is 11.9 Å². The van der Waals surface area contributed by atoms with E-state index in [4.69, 9.17) is 11.2 Å². The van der Waals surface area contributed by atoms with Crippen LogP contribution < -0.4 is 15.5 Å². The fourth-order valence-electron chi connectivity index (χ4n) is 3.27. The molecule has 0 unspecified atom stereocenters. The molecular weight excluding hydrogens is 433 g/mol. The van der Waals surface area contributed by atoms with Crippen molar-refractivity contribution < 1.29 is 27.5 Å². The summed E-state index contributed by atoms with van der Waals surface area (Å²) in [5, 5.41) is 6.30. The van der Waals surface area contributed by atoms with Crippen molar-refractivity contribution in [2.24, 2.45) is 0 Å². The number of amides is 2. The summed E-state index contributed by atoms with van der Waals surface area (Å²) in [5.74, 6) is 1.99. The summed E-state index contributed by atoms with van der Waals surface area (Å²) in [6.45, 7) is 2.33. The second-order valence-corrected chi connectivity index (χ2v) is 7.94. The number of carbonyl (C=O) groups excluding carboxylic acids is 2. The maximum atomic E-state index is 13.7. The fourth-order valence-corrected chi connectivity index (χ4v) is 4.29. The first-order chi connectivity index (χ1) is 14.6. The van der Waals surface area contributed by atoms with Crippen molar-refractivity contribution in [1.29, 1.82) is 0 Å². The van der Waals surface area contributed by atoms with Crippen LogP contribution in [0.15, 0.2) is 11.4 Å². The topological polar surface area (TPSA) is 83.6 Å². The molecule has 31 heavy (non-hydrogen) atoms. The lowest BCUT2D eigenvalue weighted by atomic mass is 10.1. The number of pyridine rings is 1. The maximum absolute atomic E-state index is 13.7. The quantitative estimate of drug-likeness (QED) is 0.692. The minimum atomic E-state index is -4.59. The molecule has 0 spiro atoms. The number of piperidine rings is 1. The van der Waals surface area contributed by atoms with Crippen molar-refractivity contribution in [1.82, 2.24) is 15.6 Å². The van der Waals surface area contributed by atoms with Crippen molar-refractivity contribution in [3.05, 3.63) is 22.6 Å². The Bertz CT molecular complexity index is 1020. The van der Waals surface area contributed by atoms with Crippen molar-refractivity contribution in [2.45, 2.75) is 38.1 Å². The van der Waals surface area contributed by atoms with Crippen LogP contribution >= 0.6 is 11.3 Å². The Hall–Kier alpha value is -3.00. The Kier molecular flexibility index (Phi) is 6.59. The Morgan fingerprint density at radius 1 is 1.39 bits per heavy atom. The van der Waals surface area contributed by atoms with E-state index in [0.717, 1.165) is 17.4 Å². The third-order valence-electron chi connectivity index (χ3n) is 4.91. The third kappa shape index (κ3) is 5.02. The Balaban J connectivity index is 1.81. The van der Waals surface area contributed by atoms with Gasteiger partial charge in [0.2, 0.25) is 0 Å². The monoisotopic (exact) mass is 454 g/mol. The van der Waals surface area contributed by atoms with Gasteiger partial charge in [-0.15, -0.1) is 17.8 Å². The summed E-state index contributed by atoms with van der Waals surface area (Å²) in [6, 6.07) is 0.541. The van der Waals surface area contributed by atoms with E-state index in [1.165, 1.54) is 12.4 Å². The van der Waals surface area contributed by atoms with E-state index in [1.807, 2.05) is 0 Å². The molecule has 0 aliphatic carbocycles. The third-order valence-corrected chi connectivity index (χ3v) is 5.91. The second-order valence-electron chi connectivity index (χ2n) is 7.06. The Morgan fingerprint density at radius 2 is 2.06 bits per heavy atom. The standard InChI is InChI=1S/C20H21F3N4O3S/c1-4-11(2)25-19(29)30-12-5-7-27(8-6-12)15-9-14(20(21,22)23)17-16(26-15)13(10-31-17)18(28)24-3/h1,9-12H,5-8H2,2-3H3,(H,24,28)(H,25,29)/t11-/m0/s1. The van der Waals surface area contributed by atoms with Crippen molar-refractivity contribution in [2.75, 3.05) is 25.0 Å². The van der Waals surface area contributed by atoms with Gasteiger partial charge in [0.05, 0.1) is 27.4 Å². The molecule has 166 valence electrons. The van der Waals surface area contributed by atoms with Crippen molar-refractivity contribution in [3.63, 3.8) is 0 Å². The number of nitrogens with one attached hydrogen (secondary N) is 2. The molecule has 1 aliphatic heterocycles. The highest BCUT2D eigenvalue weighted by atomic mass is 32.1. The highest BCUT2D eigenvalue weighted by molar-refractivity contribution is 7.17. The minimum absolute atomic E-state index is 0.0233. The van der Waals surface area contributed by atoms with Crippen molar-refractivity contribution in [3.8, 4) is 12.3 Å². The number of anilines is 1. The first-order valence-electron chi connectivity index (χ1n) is 9.53. The second kappa shape index (κ2) is 9.01. The van der Waals surface area contributed by atoms with Gasteiger partial charge < -0.3 is 20.3 Å². The molecule has 2 amide bonds. The normalized spacial score (nSPS) is 15.9.